The molecule has 2 aliphatic heterocycles. The van der Waals surface area contributed by atoms with E-state index in [1.54, 1.807) is 4.90 Å². The molecule has 1 amide bonds. The SMILES string of the molecule is C[C@@H]1CCC[C@@H](C)N1C(=O)C[NH+]1CC[NH+](Cc2nc3ccccc3s2)CC1. The van der Waals surface area contributed by atoms with Crippen LogP contribution in [0.25, 0.3) is 10.2 Å². The van der Waals surface area contributed by atoms with Crippen LogP contribution in [0, 0.1) is 0 Å². The lowest BCUT2D eigenvalue weighted by Gasteiger charge is -2.39. The number of hydrogen-bond acceptors (Lipinski definition) is 3. The van der Waals surface area contributed by atoms with E-state index in [0.717, 1.165) is 51.1 Å². The van der Waals surface area contributed by atoms with E-state index in [2.05, 4.69) is 43.0 Å². The molecule has 6 heteroatoms. The Morgan fingerprint density at radius 1 is 1.11 bits per heavy atom. The summed E-state index contributed by atoms with van der Waals surface area (Å²) in [7, 11) is 0. The summed E-state index contributed by atoms with van der Waals surface area (Å²) in [6.07, 6.45) is 3.57. The van der Waals surface area contributed by atoms with Gasteiger partial charge in [-0.15, -0.1) is 11.3 Å². The van der Waals surface area contributed by atoms with Gasteiger partial charge in [0.15, 0.2) is 6.54 Å². The number of piperidine rings is 1. The third-order valence-electron chi connectivity index (χ3n) is 6.29. The molecule has 0 aliphatic carbocycles. The van der Waals surface area contributed by atoms with Crippen LogP contribution in [0.2, 0.25) is 0 Å². The molecule has 146 valence electrons. The standard InChI is InChI=1S/C21H30N4OS/c1-16-6-5-7-17(2)25(16)21(26)15-24-12-10-23(11-13-24)14-20-22-18-8-3-4-9-19(18)27-20/h3-4,8-9,16-17H,5-7,10-15H2,1-2H3/p+2/t16-,17-/m1/s1. The maximum atomic E-state index is 12.8. The monoisotopic (exact) mass is 388 g/mol. The number of quaternary nitrogens is 2. The third kappa shape index (κ3) is 4.33. The molecule has 1 aromatic carbocycles. The van der Waals surface area contributed by atoms with E-state index in [-0.39, 0.29) is 0 Å². The van der Waals surface area contributed by atoms with Crippen molar-refractivity contribution in [1.29, 1.82) is 0 Å². The summed E-state index contributed by atoms with van der Waals surface area (Å²) in [6.45, 7) is 10.5. The lowest BCUT2D eigenvalue weighted by Crippen LogP contribution is -3.28. The van der Waals surface area contributed by atoms with E-state index in [1.165, 1.54) is 21.0 Å². The van der Waals surface area contributed by atoms with Crippen molar-refractivity contribution < 1.29 is 14.6 Å². The van der Waals surface area contributed by atoms with Gasteiger partial charge in [0.2, 0.25) is 0 Å². The Morgan fingerprint density at radius 3 is 2.48 bits per heavy atom. The summed E-state index contributed by atoms with van der Waals surface area (Å²) in [4.78, 5) is 22.9. The first-order chi connectivity index (χ1) is 13.1. The maximum Gasteiger partial charge on any atom is 0.278 e. The summed E-state index contributed by atoms with van der Waals surface area (Å²) < 4.78 is 1.28. The number of carbonyl (C=O) groups excluding carboxylic acids is 1. The Balaban J connectivity index is 1.28. The zero-order valence-corrected chi connectivity index (χ0v) is 17.4. The smallest absolute Gasteiger partial charge is 0.278 e. The number of rotatable bonds is 4. The van der Waals surface area contributed by atoms with Crippen LogP contribution in [-0.2, 0) is 11.3 Å². The molecule has 0 bridgehead atoms. The first-order valence-electron chi connectivity index (χ1n) is 10.4. The average molecular weight is 389 g/mol. The second-order valence-electron chi connectivity index (χ2n) is 8.36. The van der Waals surface area contributed by atoms with Crippen LogP contribution >= 0.6 is 11.3 Å². The Morgan fingerprint density at radius 2 is 1.78 bits per heavy atom. The Bertz CT molecular complexity index is 740. The fourth-order valence-electron chi connectivity index (χ4n) is 4.74. The van der Waals surface area contributed by atoms with Gasteiger partial charge in [-0.25, -0.2) is 4.98 Å². The molecule has 0 saturated carbocycles. The topological polar surface area (TPSA) is 42.1 Å². The van der Waals surface area contributed by atoms with E-state index >= 15 is 0 Å². The number of piperazine rings is 1. The van der Waals surface area contributed by atoms with Gasteiger partial charge in [0.25, 0.3) is 5.91 Å². The van der Waals surface area contributed by atoms with Gasteiger partial charge in [0, 0.05) is 12.1 Å². The molecule has 2 aliphatic rings. The molecule has 4 rings (SSSR count). The summed E-state index contributed by atoms with van der Waals surface area (Å²) in [6, 6.07) is 9.21. The van der Waals surface area contributed by atoms with Gasteiger partial charge in [-0.05, 0) is 45.2 Å². The Hall–Kier alpha value is -1.50. The second kappa shape index (κ2) is 8.25. The number of carbonyl (C=O) groups is 1. The number of fused-ring (bicyclic) bond motifs is 1. The van der Waals surface area contributed by atoms with E-state index in [9.17, 15) is 4.79 Å². The Labute approximate surface area is 166 Å². The lowest BCUT2D eigenvalue weighted by atomic mass is 9.97. The molecular weight excluding hydrogens is 356 g/mol. The number of nitrogens with zero attached hydrogens (tertiary/aromatic N) is 2. The summed E-state index contributed by atoms with van der Waals surface area (Å²) in [5, 5.41) is 1.24. The Kier molecular flexibility index (Phi) is 5.76. The summed E-state index contributed by atoms with van der Waals surface area (Å²) in [5.74, 6) is 0.360. The molecule has 2 atom stereocenters. The van der Waals surface area contributed by atoms with Gasteiger partial charge in [0.05, 0.1) is 10.2 Å². The number of thiazole rings is 1. The minimum Gasteiger partial charge on any atom is -0.332 e. The average Bonchev–Trinajstić information content (AvgIpc) is 3.05. The molecule has 3 heterocycles. The number of aromatic nitrogens is 1. The zero-order chi connectivity index (χ0) is 18.8. The molecule has 2 saturated heterocycles. The fourth-order valence-corrected chi connectivity index (χ4v) is 5.78. The van der Waals surface area contributed by atoms with Crippen LogP contribution in [0.15, 0.2) is 24.3 Å². The van der Waals surface area contributed by atoms with Gasteiger partial charge in [0.1, 0.15) is 37.7 Å². The molecule has 0 radical (unpaired) electrons. The van der Waals surface area contributed by atoms with Crippen LogP contribution in [-0.4, -0.2) is 60.6 Å². The predicted molar refractivity (Wildman–Crippen MR) is 109 cm³/mol. The molecule has 2 N–H and O–H groups in total. The predicted octanol–water partition coefficient (Wildman–Crippen LogP) is 0.369. The highest BCUT2D eigenvalue weighted by atomic mass is 32.1. The van der Waals surface area contributed by atoms with Crippen molar-refractivity contribution in [3.05, 3.63) is 29.3 Å². The van der Waals surface area contributed by atoms with Crippen molar-refractivity contribution in [2.45, 2.75) is 51.7 Å². The van der Waals surface area contributed by atoms with Gasteiger partial charge < -0.3 is 14.7 Å². The van der Waals surface area contributed by atoms with E-state index in [0.29, 0.717) is 24.5 Å². The number of likely N-dealkylation sites (tertiary alicyclic amines) is 1. The molecule has 27 heavy (non-hydrogen) atoms. The molecule has 0 spiro atoms. The molecule has 2 fully saturated rings. The van der Waals surface area contributed by atoms with Crippen molar-refractivity contribution in [1.82, 2.24) is 9.88 Å². The van der Waals surface area contributed by atoms with Gasteiger partial charge >= 0.3 is 0 Å². The van der Waals surface area contributed by atoms with Crippen molar-refractivity contribution in [2.75, 3.05) is 32.7 Å². The fraction of sp³-hybridized carbons (Fsp3) is 0.619. The van der Waals surface area contributed by atoms with Crippen molar-refractivity contribution in [2.24, 2.45) is 0 Å². The summed E-state index contributed by atoms with van der Waals surface area (Å²) in [5.41, 5.74) is 1.12. The number of hydrogen-bond donors (Lipinski definition) is 2. The van der Waals surface area contributed by atoms with E-state index in [1.807, 2.05) is 11.3 Å². The highest BCUT2D eigenvalue weighted by molar-refractivity contribution is 7.18. The van der Waals surface area contributed by atoms with Crippen molar-refractivity contribution >= 4 is 27.5 Å². The van der Waals surface area contributed by atoms with Gasteiger partial charge in [-0.3, -0.25) is 4.79 Å². The van der Waals surface area contributed by atoms with Crippen LogP contribution in [0.3, 0.4) is 0 Å². The number of para-hydroxylation sites is 1. The largest absolute Gasteiger partial charge is 0.332 e. The van der Waals surface area contributed by atoms with Crippen LogP contribution in [0.5, 0.6) is 0 Å². The first kappa shape index (κ1) is 18.8. The normalized spacial score (nSPS) is 29.2. The minimum absolute atomic E-state index is 0.360. The quantitative estimate of drug-likeness (QED) is 0.795. The van der Waals surface area contributed by atoms with Crippen LogP contribution in [0.4, 0.5) is 0 Å². The highest BCUT2D eigenvalue weighted by Gasteiger charge is 2.33. The second-order valence-corrected chi connectivity index (χ2v) is 9.47. The molecule has 1 aromatic heterocycles. The number of benzene rings is 1. The van der Waals surface area contributed by atoms with Crippen molar-refractivity contribution in [3.8, 4) is 0 Å². The maximum absolute atomic E-state index is 12.8. The summed E-state index contributed by atoms with van der Waals surface area (Å²) >= 11 is 1.82. The first-order valence-corrected chi connectivity index (χ1v) is 11.2. The molecule has 5 nitrogen and oxygen atoms in total. The van der Waals surface area contributed by atoms with E-state index < -0.39 is 0 Å². The molecule has 2 aromatic rings. The molecular formula is C21H32N4OS+2. The van der Waals surface area contributed by atoms with Gasteiger partial charge in [-0.1, -0.05) is 12.1 Å². The zero-order valence-electron chi connectivity index (χ0n) is 16.5. The van der Waals surface area contributed by atoms with Crippen molar-refractivity contribution in [3.63, 3.8) is 0 Å². The number of amides is 1. The van der Waals surface area contributed by atoms with Gasteiger partial charge in [-0.2, -0.15) is 0 Å². The number of nitrogens with one attached hydrogen (secondary N) is 2. The van der Waals surface area contributed by atoms with E-state index in [4.69, 9.17) is 4.98 Å². The van der Waals surface area contributed by atoms with Crippen LogP contribution in [0.1, 0.15) is 38.1 Å². The van der Waals surface area contributed by atoms with Crippen LogP contribution < -0.4 is 9.80 Å². The lowest BCUT2D eigenvalue weighted by molar-refractivity contribution is -1.02. The third-order valence-corrected chi connectivity index (χ3v) is 7.32. The minimum atomic E-state index is 0.360. The molecule has 0 unspecified atom stereocenters. The highest BCUT2D eigenvalue weighted by Crippen LogP contribution is 2.22.